The number of amidine groups is 1. The van der Waals surface area contributed by atoms with Crippen molar-refractivity contribution in [2.45, 2.75) is 12.5 Å². The summed E-state index contributed by atoms with van der Waals surface area (Å²) in [6, 6.07) is 20.6. The average Bonchev–Trinajstić information content (AvgIpc) is 2.90. The number of carbonyl (C=O) groups is 2. The number of carboxylic acid groups (broad SMARTS) is 1. The highest BCUT2D eigenvalue weighted by atomic mass is 32.2. The molecule has 0 aliphatic carbocycles. The first-order valence-electron chi connectivity index (χ1n) is 11.2. The molecule has 0 bridgehead atoms. The summed E-state index contributed by atoms with van der Waals surface area (Å²) in [5.74, 6) is -2.37. The highest BCUT2D eigenvalue weighted by Gasteiger charge is 2.34. The smallest absolute Gasteiger partial charge is 0.318 e. The zero-order chi connectivity index (χ0) is 27.9. The Kier molecular flexibility index (Phi) is 8.80. The molecular formula is C26H25N5O6S. The molecule has 12 heteroatoms. The number of nitrogens with two attached hydrogens (primary N) is 1. The molecule has 0 fully saturated rings. The van der Waals surface area contributed by atoms with Gasteiger partial charge in [-0.05, 0) is 47.4 Å². The van der Waals surface area contributed by atoms with Crippen LogP contribution in [0.25, 0.3) is 11.1 Å². The van der Waals surface area contributed by atoms with Gasteiger partial charge < -0.3 is 21.4 Å². The fourth-order valence-corrected chi connectivity index (χ4v) is 4.82. The van der Waals surface area contributed by atoms with E-state index >= 15 is 0 Å². The molecule has 0 heterocycles. The van der Waals surface area contributed by atoms with Crippen LogP contribution in [-0.2, 0) is 26.0 Å². The van der Waals surface area contributed by atoms with E-state index in [2.05, 4.69) is 16.5 Å². The number of amides is 1. The molecule has 3 aromatic rings. The molecule has 5 N–H and O–H groups in total. The van der Waals surface area contributed by atoms with Gasteiger partial charge in [-0.1, -0.05) is 53.7 Å². The molecule has 0 saturated heterocycles. The minimum absolute atomic E-state index is 0.184. The maximum atomic E-state index is 13.4. The van der Waals surface area contributed by atoms with Gasteiger partial charge in [0.05, 0.1) is 17.9 Å². The Balaban J connectivity index is 1.94. The van der Waals surface area contributed by atoms with E-state index in [-0.39, 0.29) is 12.3 Å². The monoisotopic (exact) mass is 535 g/mol. The number of carbonyl (C=O) groups excluding carboxylic acids is 1. The van der Waals surface area contributed by atoms with Gasteiger partial charge in [0.1, 0.15) is 12.6 Å². The van der Waals surface area contributed by atoms with Crippen molar-refractivity contribution < 1.29 is 28.3 Å². The van der Waals surface area contributed by atoms with Crippen molar-refractivity contribution in [1.82, 2.24) is 4.31 Å². The van der Waals surface area contributed by atoms with Crippen molar-refractivity contribution in [1.29, 1.82) is 5.26 Å². The van der Waals surface area contributed by atoms with E-state index in [1.54, 1.807) is 66.7 Å². The Hall–Kier alpha value is -4.73. The molecule has 0 spiro atoms. The first-order chi connectivity index (χ1) is 18.0. The largest absolute Gasteiger partial charge is 0.480 e. The Morgan fingerprint density at radius 3 is 2.39 bits per heavy atom. The SMILES string of the molecule is CS(=O)(=O)N(CC(=O)O)C(Cc1cccc(/C(N)=N/O)c1)C(=O)Nc1ccc(-c2ccccc2C#N)cc1. The molecule has 0 aliphatic rings. The number of hydrogen-bond donors (Lipinski definition) is 4. The summed E-state index contributed by atoms with van der Waals surface area (Å²) in [5.41, 5.74) is 8.70. The summed E-state index contributed by atoms with van der Waals surface area (Å²) in [6.45, 7) is -0.930. The molecule has 0 saturated carbocycles. The van der Waals surface area contributed by atoms with Crippen molar-refractivity contribution in [2.24, 2.45) is 10.9 Å². The number of anilines is 1. The maximum absolute atomic E-state index is 13.4. The molecule has 1 atom stereocenters. The van der Waals surface area contributed by atoms with E-state index in [4.69, 9.17) is 10.9 Å². The second kappa shape index (κ2) is 12.0. The van der Waals surface area contributed by atoms with Crippen molar-refractivity contribution in [3.05, 3.63) is 89.5 Å². The molecule has 0 radical (unpaired) electrons. The van der Waals surface area contributed by atoms with Gasteiger partial charge in [-0.2, -0.15) is 9.57 Å². The van der Waals surface area contributed by atoms with Crippen LogP contribution < -0.4 is 11.1 Å². The Bertz CT molecular complexity index is 1510. The molecule has 11 nitrogen and oxygen atoms in total. The lowest BCUT2D eigenvalue weighted by Crippen LogP contribution is -2.50. The summed E-state index contributed by atoms with van der Waals surface area (Å²) in [6.07, 6.45) is 0.636. The molecule has 3 rings (SSSR count). The third-order valence-electron chi connectivity index (χ3n) is 5.64. The van der Waals surface area contributed by atoms with Crippen LogP contribution in [0, 0.1) is 11.3 Å². The van der Waals surface area contributed by atoms with Gasteiger partial charge in [0.15, 0.2) is 5.84 Å². The second-order valence-corrected chi connectivity index (χ2v) is 10.3. The molecule has 196 valence electrons. The second-order valence-electron chi connectivity index (χ2n) is 8.33. The van der Waals surface area contributed by atoms with Crippen molar-refractivity contribution >= 4 is 33.4 Å². The van der Waals surface area contributed by atoms with E-state index < -0.39 is 34.5 Å². The number of benzene rings is 3. The third-order valence-corrected chi connectivity index (χ3v) is 6.87. The van der Waals surface area contributed by atoms with Crippen LogP contribution in [0.5, 0.6) is 0 Å². The Labute approximate surface area is 219 Å². The number of nitrogens with one attached hydrogen (secondary N) is 1. The van der Waals surface area contributed by atoms with E-state index in [0.717, 1.165) is 11.8 Å². The molecule has 38 heavy (non-hydrogen) atoms. The zero-order valence-corrected chi connectivity index (χ0v) is 21.1. The lowest BCUT2D eigenvalue weighted by atomic mass is 10.00. The van der Waals surface area contributed by atoms with Gasteiger partial charge in [0, 0.05) is 11.3 Å². The van der Waals surface area contributed by atoms with Crippen LogP contribution in [0.4, 0.5) is 5.69 Å². The van der Waals surface area contributed by atoms with Crippen molar-refractivity contribution in [3.8, 4) is 17.2 Å². The van der Waals surface area contributed by atoms with Gasteiger partial charge in [-0.3, -0.25) is 9.59 Å². The van der Waals surface area contributed by atoms with Crippen LogP contribution >= 0.6 is 0 Å². The quantitative estimate of drug-likeness (QED) is 0.132. The summed E-state index contributed by atoms with van der Waals surface area (Å²) in [4.78, 5) is 24.9. The van der Waals surface area contributed by atoms with Crippen LogP contribution in [-0.4, -0.2) is 59.6 Å². The minimum Gasteiger partial charge on any atom is -0.480 e. The van der Waals surface area contributed by atoms with Gasteiger partial charge in [-0.25, -0.2) is 8.42 Å². The lowest BCUT2D eigenvalue weighted by Gasteiger charge is -2.28. The van der Waals surface area contributed by atoms with Crippen LogP contribution in [0.2, 0.25) is 0 Å². The summed E-state index contributed by atoms with van der Waals surface area (Å²) >= 11 is 0. The summed E-state index contributed by atoms with van der Waals surface area (Å²) < 4.78 is 25.7. The number of hydrogen-bond acceptors (Lipinski definition) is 7. The van der Waals surface area contributed by atoms with E-state index in [1.165, 1.54) is 6.07 Å². The molecule has 1 unspecified atom stereocenters. The first-order valence-corrected chi connectivity index (χ1v) is 13.0. The van der Waals surface area contributed by atoms with Crippen LogP contribution in [0.3, 0.4) is 0 Å². The van der Waals surface area contributed by atoms with Gasteiger partial charge in [0.2, 0.25) is 15.9 Å². The van der Waals surface area contributed by atoms with E-state index in [1.807, 2.05) is 0 Å². The summed E-state index contributed by atoms with van der Waals surface area (Å²) in [7, 11) is -4.13. The fourth-order valence-electron chi connectivity index (χ4n) is 3.85. The Morgan fingerprint density at radius 1 is 1.11 bits per heavy atom. The molecule has 0 aromatic heterocycles. The number of oxime groups is 1. The van der Waals surface area contributed by atoms with Gasteiger partial charge in [0.25, 0.3) is 0 Å². The number of rotatable bonds is 10. The number of nitrogens with zero attached hydrogens (tertiary/aromatic N) is 3. The first kappa shape index (κ1) is 27.9. The van der Waals surface area contributed by atoms with E-state index in [0.29, 0.717) is 32.2 Å². The molecular weight excluding hydrogens is 510 g/mol. The van der Waals surface area contributed by atoms with Crippen LogP contribution in [0.1, 0.15) is 16.7 Å². The normalized spacial score (nSPS) is 12.5. The molecule has 1 amide bonds. The fraction of sp³-hybridized carbons (Fsp3) is 0.154. The van der Waals surface area contributed by atoms with E-state index in [9.17, 15) is 28.4 Å². The maximum Gasteiger partial charge on any atom is 0.318 e. The predicted molar refractivity (Wildman–Crippen MR) is 141 cm³/mol. The highest BCUT2D eigenvalue weighted by Crippen LogP contribution is 2.25. The lowest BCUT2D eigenvalue weighted by molar-refractivity contribution is -0.137. The Morgan fingerprint density at radius 2 is 1.79 bits per heavy atom. The summed E-state index contributed by atoms with van der Waals surface area (Å²) in [5, 5.41) is 33.2. The number of aliphatic carboxylic acids is 1. The van der Waals surface area contributed by atoms with Gasteiger partial charge >= 0.3 is 5.97 Å². The van der Waals surface area contributed by atoms with Crippen molar-refractivity contribution in [3.63, 3.8) is 0 Å². The van der Waals surface area contributed by atoms with Crippen molar-refractivity contribution in [2.75, 3.05) is 18.1 Å². The average molecular weight is 536 g/mol. The van der Waals surface area contributed by atoms with Crippen LogP contribution in [0.15, 0.2) is 78.0 Å². The number of sulfonamides is 1. The topological polar surface area (TPSA) is 186 Å². The zero-order valence-electron chi connectivity index (χ0n) is 20.3. The number of carboxylic acids is 1. The number of nitriles is 1. The molecule has 3 aromatic carbocycles. The third kappa shape index (κ3) is 6.94. The van der Waals surface area contributed by atoms with Gasteiger partial charge in [-0.15, -0.1) is 0 Å². The standard InChI is InChI=1S/C26H25N5O6S/c1-38(36,37)31(16-24(32)33)23(14-17-5-4-7-19(13-17)25(28)30-35)26(34)29-21-11-9-18(10-12-21)22-8-3-2-6-20(22)15-27/h2-13,23,35H,14,16H2,1H3,(H2,28,30)(H,29,34)(H,32,33). The predicted octanol–water partition coefficient (Wildman–Crippen LogP) is 2.22. The highest BCUT2D eigenvalue weighted by molar-refractivity contribution is 7.88. The molecule has 0 aliphatic heterocycles. The minimum atomic E-state index is -4.13.